The topological polar surface area (TPSA) is 136 Å². The van der Waals surface area contributed by atoms with Crippen molar-refractivity contribution in [3.8, 4) is 5.75 Å². The SMILES string of the molecule is C=CC(=O)OCCC(CC(=O)O)C(=O)O.C=CC(=O)OCCOc1ccccc1. The lowest BCUT2D eigenvalue weighted by Crippen LogP contribution is -2.20. The van der Waals surface area contributed by atoms with Crippen molar-refractivity contribution < 1.29 is 43.6 Å². The number of carbonyl (C=O) groups excluding carboxylic acids is 2. The number of carbonyl (C=O) groups is 4. The van der Waals surface area contributed by atoms with Gasteiger partial charge in [0.2, 0.25) is 0 Å². The number of carboxylic acid groups (broad SMARTS) is 2. The Morgan fingerprint density at radius 3 is 1.93 bits per heavy atom. The number of rotatable bonds is 12. The average Bonchev–Trinajstić information content (AvgIpc) is 2.70. The number of carboxylic acids is 2. The lowest BCUT2D eigenvalue weighted by Gasteiger charge is -2.08. The first-order chi connectivity index (χ1) is 13.8. The summed E-state index contributed by atoms with van der Waals surface area (Å²) in [5, 5.41) is 17.0. The molecule has 1 atom stereocenters. The van der Waals surface area contributed by atoms with Crippen LogP contribution in [0.5, 0.6) is 5.75 Å². The Bertz CT molecular complexity index is 682. The molecule has 0 saturated carbocycles. The highest BCUT2D eigenvalue weighted by Gasteiger charge is 2.20. The maximum absolute atomic E-state index is 10.6. The van der Waals surface area contributed by atoms with E-state index in [0.717, 1.165) is 17.9 Å². The van der Waals surface area contributed by atoms with Gasteiger partial charge in [-0.2, -0.15) is 0 Å². The quantitative estimate of drug-likeness (QED) is 0.302. The Kier molecular flexibility index (Phi) is 13.5. The molecule has 0 saturated heterocycles. The van der Waals surface area contributed by atoms with Crippen LogP contribution in [0.15, 0.2) is 55.6 Å². The Morgan fingerprint density at radius 2 is 1.45 bits per heavy atom. The summed E-state index contributed by atoms with van der Waals surface area (Å²) in [4.78, 5) is 42.0. The monoisotopic (exact) mass is 408 g/mol. The highest BCUT2D eigenvalue weighted by molar-refractivity contribution is 5.81. The van der Waals surface area contributed by atoms with Crippen LogP contribution in [0.1, 0.15) is 12.8 Å². The van der Waals surface area contributed by atoms with Crippen molar-refractivity contribution in [1.82, 2.24) is 0 Å². The van der Waals surface area contributed by atoms with Crippen molar-refractivity contribution in [2.75, 3.05) is 19.8 Å². The first kappa shape index (κ1) is 25.4. The van der Waals surface area contributed by atoms with Crippen LogP contribution in [-0.2, 0) is 28.7 Å². The van der Waals surface area contributed by atoms with E-state index in [1.54, 1.807) is 0 Å². The zero-order valence-corrected chi connectivity index (χ0v) is 15.8. The third kappa shape index (κ3) is 14.1. The molecule has 9 heteroatoms. The summed E-state index contributed by atoms with van der Waals surface area (Å²) < 4.78 is 14.6. The van der Waals surface area contributed by atoms with Gasteiger partial charge in [-0.1, -0.05) is 31.4 Å². The van der Waals surface area contributed by atoms with Gasteiger partial charge in [-0.05, 0) is 18.6 Å². The lowest BCUT2D eigenvalue weighted by molar-refractivity contribution is -0.150. The van der Waals surface area contributed by atoms with Gasteiger partial charge in [0, 0.05) is 12.2 Å². The predicted molar refractivity (Wildman–Crippen MR) is 102 cm³/mol. The smallest absolute Gasteiger partial charge is 0.330 e. The molecule has 0 aromatic heterocycles. The van der Waals surface area contributed by atoms with Gasteiger partial charge in [0.05, 0.1) is 18.9 Å². The molecule has 2 N–H and O–H groups in total. The van der Waals surface area contributed by atoms with Gasteiger partial charge in [0.25, 0.3) is 0 Å². The van der Waals surface area contributed by atoms with Crippen molar-refractivity contribution in [3.05, 3.63) is 55.6 Å². The van der Waals surface area contributed by atoms with Crippen molar-refractivity contribution in [2.24, 2.45) is 5.92 Å². The third-order valence-electron chi connectivity index (χ3n) is 3.15. The summed E-state index contributed by atoms with van der Waals surface area (Å²) in [6.45, 7) is 6.90. The van der Waals surface area contributed by atoms with E-state index in [1.807, 2.05) is 30.3 Å². The van der Waals surface area contributed by atoms with Crippen molar-refractivity contribution in [2.45, 2.75) is 12.8 Å². The van der Waals surface area contributed by atoms with E-state index in [0.29, 0.717) is 6.61 Å². The molecule has 0 fully saturated rings. The molecule has 29 heavy (non-hydrogen) atoms. The number of hydrogen-bond donors (Lipinski definition) is 2. The Hall–Kier alpha value is -3.62. The lowest BCUT2D eigenvalue weighted by atomic mass is 10.0. The first-order valence-corrected chi connectivity index (χ1v) is 8.51. The molecule has 1 unspecified atom stereocenters. The molecule has 1 aromatic carbocycles. The van der Waals surface area contributed by atoms with Crippen LogP contribution in [0.25, 0.3) is 0 Å². The standard InChI is InChI=1S/C11H12O3.C9H12O6/c1-2-11(12)14-9-8-13-10-6-4-3-5-7-10;1-2-8(12)15-4-3-6(9(13)14)5-7(10)11/h2-7H,1,8-9H2;2,6H,1,3-5H2,(H,10,11)(H,13,14). The minimum Gasteiger partial charge on any atom is -0.490 e. The molecule has 0 radical (unpaired) electrons. The highest BCUT2D eigenvalue weighted by Crippen LogP contribution is 2.09. The summed E-state index contributed by atoms with van der Waals surface area (Å²) in [5.74, 6) is -3.78. The number of aliphatic carboxylic acids is 2. The largest absolute Gasteiger partial charge is 0.490 e. The van der Waals surface area contributed by atoms with E-state index in [9.17, 15) is 19.2 Å². The molecule has 0 aliphatic carbocycles. The van der Waals surface area contributed by atoms with E-state index < -0.39 is 36.2 Å². The molecule has 0 aliphatic rings. The maximum Gasteiger partial charge on any atom is 0.330 e. The first-order valence-electron chi connectivity index (χ1n) is 8.51. The van der Waals surface area contributed by atoms with Crippen LogP contribution < -0.4 is 4.74 Å². The Balaban J connectivity index is 0.000000541. The van der Waals surface area contributed by atoms with E-state index in [4.69, 9.17) is 19.7 Å². The van der Waals surface area contributed by atoms with Gasteiger partial charge >= 0.3 is 23.9 Å². The van der Waals surface area contributed by atoms with Gasteiger partial charge < -0.3 is 24.4 Å². The second kappa shape index (κ2) is 15.4. The minimum absolute atomic E-state index is 0.0266. The van der Waals surface area contributed by atoms with Crippen molar-refractivity contribution >= 4 is 23.9 Å². The van der Waals surface area contributed by atoms with E-state index in [-0.39, 0.29) is 19.6 Å². The molecular formula is C20H24O9. The van der Waals surface area contributed by atoms with Crippen molar-refractivity contribution in [3.63, 3.8) is 0 Å². The molecule has 0 bridgehead atoms. The van der Waals surface area contributed by atoms with E-state index >= 15 is 0 Å². The van der Waals surface area contributed by atoms with Crippen LogP contribution in [0.4, 0.5) is 0 Å². The Labute approximate surface area is 168 Å². The van der Waals surface area contributed by atoms with Crippen LogP contribution in [0, 0.1) is 5.92 Å². The fourth-order valence-corrected chi connectivity index (χ4v) is 1.76. The van der Waals surface area contributed by atoms with Gasteiger partial charge in [0.1, 0.15) is 19.0 Å². The third-order valence-corrected chi connectivity index (χ3v) is 3.15. The van der Waals surface area contributed by atoms with Gasteiger partial charge in [-0.25, -0.2) is 9.59 Å². The summed E-state index contributed by atoms with van der Waals surface area (Å²) in [6.07, 6.45) is 1.57. The van der Waals surface area contributed by atoms with E-state index in [1.165, 1.54) is 0 Å². The second-order valence-corrected chi connectivity index (χ2v) is 5.33. The van der Waals surface area contributed by atoms with Gasteiger partial charge in [-0.15, -0.1) is 0 Å². The van der Waals surface area contributed by atoms with Crippen LogP contribution in [0.3, 0.4) is 0 Å². The number of benzene rings is 1. The molecule has 0 amide bonds. The molecular weight excluding hydrogens is 384 g/mol. The zero-order valence-electron chi connectivity index (χ0n) is 15.8. The summed E-state index contributed by atoms with van der Waals surface area (Å²) in [5.41, 5.74) is 0. The number of para-hydroxylation sites is 1. The Morgan fingerprint density at radius 1 is 0.897 bits per heavy atom. The molecule has 158 valence electrons. The predicted octanol–water partition coefficient (Wildman–Crippen LogP) is 2.08. The summed E-state index contributed by atoms with van der Waals surface area (Å²) in [7, 11) is 0. The van der Waals surface area contributed by atoms with Crippen LogP contribution in [0.2, 0.25) is 0 Å². The minimum atomic E-state index is -1.22. The number of ether oxygens (including phenoxy) is 3. The maximum atomic E-state index is 10.6. The zero-order chi connectivity index (χ0) is 22.1. The van der Waals surface area contributed by atoms with Crippen LogP contribution >= 0.6 is 0 Å². The summed E-state index contributed by atoms with van der Waals surface area (Å²) >= 11 is 0. The molecule has 0 aliphatic heterocycles. The van der Waals surface area contributed by atoms with Gasteiger partial charge in [-0.3, -0.25) is 9.59 Å². The number of esters is 2. The fraction of sp³-hybridized carbons (Fsp3) is 0.300. The number of hydrogen-bond acceptors (Lipinski definition) is 7. The summed E-state index contributed by atoms with van der Waals surface area (Å²) in [6, 6.07) is 9.35. The van der Waals surface area contributed by atoms with Crippen LogP contribution in [-0.4, -0.2) is 53.9 Å². The molecule has 0 heterocycles. The average molecular weight is 408 g/mol. The molecule has 1 rings (SSSR count). The normalized spacial score (nSPS) is 10.3. The van der Waals surface area contributed by atoms with Crippen molar-refractivity contribution in [1.29, 1.82) is 0 Å². The van der Waals surface area contributed by atoms with Gasteiger partial charge in [0.15, 0.2) is 0 Å². The van der Waals surface area contributed by atoms with E-state index in [2.05, 4.69) is 17.9 Å². The fourth-order valence-electron chi connectivity index (χ4n) is 1.76. The molecule has 0 spiro atoms. The highest BCUT2D eigenvalue weighted by atomic mass is 16.6. The molecule has 9 nitrogen and oxygen atoms in total. The second-order valence-electron chi connectivity index (χ2n) is 5.33. The molecule has 1 aromatic rings.